The second-order valence-electron chi connectivity index (χ2n) is 6.87. The molecule has 2 fully saturated rings. The molecule has 1 aromatic rings. The summed E-state index contributed by atoms with van der Waals surface area (Å²) in [5.41, 5.74) is 0.766. The summed E-state index contributed by atoms with van der Waals surface area (Å²) in [4.78, 5) is 26.9. The Morgan fingerprint density at radius 1 is 1.23 bits per heavy atom. The molecule has 0 saturated carbocycles. The number of amides is 3. The number of hydrogen-bond acceptors (Lipinski definition) is 4. The van der Waals surface area contributed by atoms with E-state index in [9.17, 15) is 9.59 Å². The van der Waals surface area contributed by atoms with E-state index in [-0.39, 0.29) is 24.0 Å². The van der Waals surface area contributed by atoms with E-state index in [2.05, 4.69) is 16.0 Å². The molecule has 26 heavy (non-hydrogen) atoms. The molecule has 1 aromatic carbocycles. The molecule has 142 valence electrons. The summed E-state index contributed by atoms with van der Waals surface area (Å²) in [6.07, 6.45) is 3.66. The Morgan fingerprint density at radius 3 is 2.85 bits per heavy atom. The molecule has 3 amide bonds. The summed E-state index contributed by atoms with van der Waals surface area (Å²) in [5, 5.41) is 9.18. The molecule has 3 N–H and O–H groups in total. The molecular weight excluding hydrogens is 348 g/mol. The van der Waals surface area contributed by atoms with Crippen LogP contribution >= 0.6 is 11.8 Å². The van der Waals surface area contributed by atoms with Gasteiger partial charge < -0.3 is 20.9 Å². The molecular formula is C19H28N4O2S. The number of carbonyl (C=O) groups is 2. The van der Waals surface area contributed by atoms with Crippen molar-refractivity contribution >= 4 is 29.4 Å². The van der Waals surface area contributed by atoms with Crippen molar-refractivity contribution in [2.45, 2.75) is 37.8 Å². The third-order valence-corrected chi connectivity index (χ3v) is 6.03. The van der Waals surface area contributed by atoms with Gasteiger partial charge in [0.25, 0.3) is 0 Å². The van der Waals surface area contributed by atoms with Gasteiger partial charge in [-0.25, -0.2) is 4.79 Å². The van der Waals surface area contributed by atoms with Gasteiger partial charge in [0, 0.05) is 55.3 Å². The molecule has 2 aliphatic rings. The Hall–Kier alpha value is -1.73. The average Bonchev–Trinajstić information content (AvgIpc) is 2.68. The monoisotopic (exact) mass is 376 g/mol. The van der Waals surface area contributed by atoms with Gasteiger partial charge in [-0.05, 0) is 31.4 Å². The van der Waals surface area contributed by atoms with Gasteiger partial charge in [-0.3, -0.25) is 4.79 Å². The molecule has 7 heteroatoms. The fraction of sp³-hybridized carbons (Fsp3) is 0.579. The van der Waals surface area contributed by atoms with Crippen LogP contribution in [0.5, 0.6) is 0 Å². The zero-order valence-corrected chi connectivity index (χ0v) is 15.9. The van der Waals surface area contributed by atoms with E-state index >= 15 is 0 Å². The van der Waals surface area contributed by atoms with Crippen LogP contribution in [0.3, 0.4) is 0 Å². The number of rotatable bonds is 5. The number of urea groups is 1. The van der Waals surface area contributed by atoms with Gasteiger partial charge in [0.05, 0.1) is 0 Å². The molecule has 0 bridgehead atoms. The number of anilines is 1. The predicted octanol–water partition coefficient (Wildman–Crippen LogP) is 2.28. The summed E-state index contributed by atoms with van der Waals surface area (Å²) >= 11 is 1.91. The van der Waals surface area contributed by atoms with E-state index in [1.54, 1.807) is 0 Å². The number of nitrogens with zero attached hydrogens (tertiary/aromatic N) is 1. The second-order valence-corrected chi connectivity index (χ2v) is 8.02. The van der Waals surface area contributed by atoms with Crippen LogP contribution in [0.4, 0.5) is 10.5 Å². The highest BCUT2D eigenvalue weighted by atomic mass is 32.2. The summed E-state index contributed by atoms with van der Waals surface area (Å²) in [6.45, 7) is 2.27. The molecule has 0 spiro atoms. The number of piperidine rings is 1. The third-order valence-electron chi connectivity index (χ3n) is 4.90. The Morgan fingerprint density at radius 2 is 2.08 bits per heavy atom. The predicted molar refractivity (Wildman–Crippen MR) is 107 cm³/mol. The molecule has 2 heterocycles. The van der Waals surface area contributed by atoms with Crippen LogP contribution in [-0.4, -0.2) is 60.1 Å². The topological polar surface area (TPSA) is 73.5 Å². The first-order chi connectivity index (χ1) is 12.7. The molecule has 0 radical (unpaired) electrons. The number of carbonyl (C=O) groups excluding carboxylic acids is 2. The van der Waals surface area contributed by atoms with Crippen LogP contribution in [0.2, 0.25) is 0 Å². The van der Waals surface area contributed by atoms with Crippen molar-refractivity contribution in [2.24, 2.45) is 0 Å². The molecule has 2 aliphatic heterocycles. The standard InChI is InChI=1S/C19H28N4O2S/c24-18(12-16-14-26-11-9-20-16)23-10-5-4-8-17(23)13-21-19(25)22-15-6-2-1-3-7-15/h1-3,6-7,16-17,20H,4-5,8-14H2,(H2,21,22,25). The summed E-state index contributed by atoms with van der Waals surface area (Å²) in [6, 6.07) is 9.53. The molecule has 3 rings (SSSR count). The number of hydrogen-bond donors (Lipinski definition) is 3. The maximum atomic E-state index is 12.8. The highest BCUT2D eigenvalue weighted by Gasteiger charge is 2.29. The van der Waals surface area contributed by atoms with Crippen LogP contribution in [0.1, 0.15) is 25.7 Å². The lowest BCUT2D eigenvalue weighted by Gasteiger charge is -2.37. The number of benzene rings is 1. The van der Waals surface area contributed by atoms with Crippen LogP contribution < -0.4 is 16.0 Å². The third kappa shape index (κ3) is 5.64. The normalized spacial score (nSPS) is 23.3. The molecule has 0 aliphatic carbocycles. The molecule has 2 unspecified atom stereocenters. The fourth-order valence-electron chi connectivity index (χ4n) is 3.53. The van der Waals surface area contributed by atoms with E-state index in [0.717, 1.165) is 49.5 Å². The maximum absolute atomic E-state index is 12.8. The number of nitrogens with one attached hydrogen (secondary N) is 3. The SMILES string of the molecule is O=C(NCC1CCCCN1C(=O)CC1CSCCN1)Nc1ccccc1. The summed E-state index contributed by atoms with van der Waals surface area (Å²) < 4.78 is 0. The van der Waals surface area contributed by atoms with Gasteiger partial charge in [-0.15, -0.1) is 0 Å². The Balaban J connectivity index is 1.48. The first kappa shape index (κ1) is 19.0. The van der Waals surface area contributed by atoms with Gasteiger partial charge in [-0.2, -0.15) is 11.8 Å². The van der Waals surface area contributed by atoms with Crippen molar-refractivity contribution in [2.75, 3.05) is 36.5 Å². The van der Waals surface area contributed by atoms with E-state index in [0.29, 0.717) is 13.0 Å². The number of para-hydroxylation sites is 1. The highest BCUT2D eigenvalue weighted by Crippen LogP contribution is 2.19. The molecule has 6 nitrogen and oxygen atoms in total. The first-order valence-electron chi connectivity index (χ1n) is 9.43. The van der Waals surface area contributed by atoms with E-state index < -0.39 is 0 Å². The largest absolute Gasteiger partial charge is 0.338 e. The quantitative estimate of drug-likeness (QED) is 0.737. The summed E-state index contributed by atoms with van der Waals surface area (Å²) in [7, 11) is 0. The zero-order valence-electron chi connectivity index (χ0n) is 15.1. The molecule has 2 atom stereocenters. The minimum absolute atomic E-state index is 0.0917. The van der Waals surface area contributed by atoms with Crippen LogP contribution in [0.25, 0.3) is 0 Å². The molecule has 2 saturated heterocycles. The van der Waals surface area contributed by atoms with Gasteiger partial charge in [0.2, 0.25) is 5.91 Å². The lowest BCUT2D eigenvalue weighted by molar-refractivity contribution is -0.135. The minimum Gasteiger partial charge on any atom is -0.338 e. The van der Waals surface area contributed by atoms with Crippen molar-refractivity contribution in [3.8, 4) is 0 Å². The number of thioether (sulfide) groups is 1. The van der Waals surface area contributed by atoms with Crippen molar-refractivity contribution in [3.05, 3.63) is 30.3 Å². The van der Waals surface area contributed by atoms with Crippen molar-refractivity contribution in [1.82, 2.24) is 15.5 Å². The van der Waals surface area contributed by atoms with E-state index in [4.69, 9.17) is 0 Å². The van der Waals surface area contributed by atoms with Crippen molar-refractivity contribution in [3.63, 3.8) is 0 Å². The number of likely N-dealkylation sites (tertiary alicyclic amines) is 1. The van der Waals surface area contributed by atoms with E-state index in [1.165, 1.54) is 0 Å². The van der Waals surface area contributed by atoms with Crippen molar-refractivity contribution in [1.29, 1.82) is 0 Å². The van der Waals surface area contributed by atoms with Crippen LogP contribution in [-0.2, 0) is 4.79 Å². The lowest BCUT2D eigenvalue weighted by atomic mass is 10.0. The van der Waals surface area contributed by atoms with Gasteiger partial charge in [0.15, 0.2) is 0 Å². The lowest BCUT2D eigenvalue weighted by Crippen LogP contribution is -2.51. The minimum atomic E-state index is -0.223. The van der Waals surface area contributed by atoms with Crippen molar-refractivity contribution < 1.29 is 9.59 Å². The highest BCUT2D eigenvalue weighted by molar-refractivity contribution is 7.99. The Bertz CT molecular complexity index is 592. The zero-order chi connectivity index (χ0) is 18.2. The van der Waals surface area contributed by atoms with E-state index in [1.807, 2.05) is 47.0 Å². The van der Waals surface area contributed by atoms with Crippen LogP contribution in [0.15, 0.2) is 30.3 Å². The average molecular weight is 377 g/mol. The summed E-state index contributed by atoms with van der Waals surface area (Å²) in [5.74, 6) is 2.33. The fourth-order valence-corrected chi connectivity index (χ4v) is 4.48. The Kier molecular flexibility index (Phi) is 7.20. The molecule has 0 aromatic heterocycles. The van der Waals surface area contributed by atoms with Gasteiger partial charge in [0.1, 0.15) is 0 Å². The second kappa shape index (κ2) is 9.83. The van der Waals surface area contributed by atoms with Gasteiger partial charge in [-0.1, -0.05) is 18.2 Å². The van der Waals surface area contributed by atoms with Crippen LogP contribution in [0, 0.1) is 0 Å². The Labute approximate surface area is 159 Å². The maximum Gasteiger partial charge on any atom is 0.319 e. The van der Waals surface area contributed by atoms with Gasteiger partial charge >= 0.3 is 6.03 Å². The first-order valence-corrected chi connectivity index (χ1v) is 10.6. The smallest absolute Gasteiger partial charge is 0.319 e.